The van der Waals surface area contributed by atoms with E-state index in [0.717, 1.165) is 29.6 Å². The summed E-state index contributed by atoms with van der Waals surface area (Å²) < 4.78 is 8.75. The molecule has 32 heavy (non-hydrogen) atoms. The van der Waals surface area contributed by atoms with Gasteiger partial charge < -0.3 is 8.82 Å². The van der Waals surface area contributed by atoms with Crippen molar-refractivity contribution >= 4 is 16.5 Å². The molecule has 5 rings (SSSR count). The lowest BCUT2D eigenvalue weighted by molar-refractivity contribution is 0.282. The zero-order valence-electron chi connectivity index (χ0n) is 20.7. The van der Waals surface area contributed by atoms with E-state index in [4.69, 9.17) is 4.42 Å². The van der Waals surface area contributed by atoms with Crippen molar-refractivity contribution in [2.24, 2.45) is 0 Å². The first-order valence-corrected chi connectivity index (χ1v) is 11.7. The highest BCUT2D eigenvalue weighted by Crippen LogP contribution is 2.55. The predicted octanol–water partition coefficient (Wildman–Crippen LogP) is 7.08. The van der Waals surface area contributed by atoms with Crippen molar-refractivity contribution in [2.45, 2.75) is 89.9 Å². The van der Waals surface area contributed by atoms with E-state index in [0.29, 0.717) is 0 Å². The Morgan fingerprint density at radius 2 is 1.75 bits per heavy atom. The average molecular weight is 430 g/mol. The Morgan fingerprint density at radius 3 is 2.47 bits per heavy atom. The molecule has 0 fully saturated rings. The van der Waals surface area contributed by atoms with Crippen LogP contribution < -0.4 is 0 Å². The summed E-state index contributed by atoms with van der Waals surface area (Å²) >= 11 is 0. The van der Waals surface area contributed by atoms with Gasteiger partial charge in [-0.1, -0.05) is 61.5 Å². The van der Waals surface area contributed by atoms with Crippen LogP contribution in [0.1, 0.15) is 90.8 Å². The highest BCUT2D eigenvalue weighted by atomic mass is 16.3. The van der Waals surface area contributed by atoms with Gasteiger partial charge in [0, 0.05) is 39.9 Å². The third-order valence-corrected chi connectivity index (χ3v) is 7.39. The topological polar surface area (TPSA) is 43.3 Å². The van der Waals surface area contributed by atoms with Crippen molar-refractivity contribution in [1.82, 2.24) is 14.4 Å². The van der Waals surface area contributed by atoms with Crippen LogP contribution in [-0.4, -0.2) is 14.4 Å². The monoisotopic (exact) mass is 429 g/mol. The minimum absolute atomic E-state index is 0.0434. The molecule has 168 valence electrons. The molecule has 0 aliphatic heterocycles. The molecular formula is C28H35N3O. The second kappa shape index (κ2) is 6.46. The van der Waals surface area contributed by atoms with Crippen LogP contribution >= 0.6 is 0 Å². The van der Waals surface area contributed by atoms with Crippen molar-refractivity contribution in [3.63, 3.8) is 0 Å². The predicted molar refractivity (Wildman–Crippen MR) is 131 cm³/mol. The van der Waals surface area contributed by atoms with Gasteiger partial charge in [-0.3, -0.25) is 4.98 Å². The second-order valence-corrected chi connectivity index (χ2v) is 12.4. The summed E-state index contributed by atoms with van der Waals surface area (Å²) in [6, 6.07) is 6.56. The van der Waals surface area contributed by atoms with E-state index in [1.165, 1.54) is 22.3 Å². The Labute approximate surface area is 191 Å². The van der Waals surface area contributed by atoms with Gasteiger partial charge in [0.05, 0.1) is 18.0 Å². The molecule has 0 saturated carbocycles. The molecule has 0 unspecified atom stereocenters. The fourth-order valence-corrected chi connectivity index (χ4v) is 6.69. The van der Waals surface area contributed by atoms with Crippen LogP contribution in [0.5, 0.6) is 0 Å². The van der Waals surface area contributed by atoms with Crippen LogP contribution in [0.4, 0.5) is 0 Å². The molecule has 4 heteroatoms. The molecule has 0 amide bonds. The summed E-state index contributed by atoms with van der Waals surface area (Å²) in [6.45, 7) is 18.7. The molecule has 4 heterocycles. The molecular weight excluding hydrogens is 394 g/mol. The Balaban J connectivity index is 1.67. The van der Waals surface area contributed by atoms with Crippen molar-refractivity contribution in [1.29, 1.82) is 0 Å². The number of nitrogens with zero attached hydrogens (tertiary/aromatic N) is 3. The maximum atomic E-state index is 6.45. The second-order valence-electron chi connectivity index (χ2n) is 12.4. The van der Waals surface area contributed by atoms with Crippen LogP contribution in [0, 0.1) is 0 Å². The highest BCUT2D eigenvalue weighted by molar-refractivity contribution is 5.83. The molecule has 1 aliphatic rings. The van der Waals surface area contributed by atoms with Crippen LogP contribution in [0.25, 0.3) is 16.5 Å². The molecule has 4 nitrogen and oxygen atoms in total. The first-order valence-electron chi connectivity index (χ1n) is 11.7. The van der Waals surface area contributed by atoms with Crippen molar-refractivity contribution in [2.75, 3.05) is 0 Å². The Bertz CT molecular complexity index is 1330. The lowest BCUT2D eigenvalue weighted by Gasteiger charge is -2.38. The van der Waals surface area contributed by atoms with E-state index >= 15 is 0 Å². The molecule has 0 N–H and O–H groups in total. The van der Waals surface area contributed by atoms with Gasteiger partial charge in [-0.25, -0.2) is 4.98 Å². The molecule has 1 atom stereocenters. The van der Waals surface area contributed by atoms with E-state index in [1.54, 1.807) is 0 Å². The quantitative estimate of drug-likeness (QED) is 0.349. The maximum Gasteiger partial charge on any atom is 0.137 e. The minimum atomic E-state index is -0.0900. The number of pyridine rings is 2. The minimum Gasteiger partial charge on any atom is -0.460 e. The van der Waals surface area contributed by atoms with Gasteiger partial charge in [-0.2, -0.15) is 0 Å². The molecule has 0 bridgehead atoms. The first kappa shape index (κ1) is 21.2. The smallest absolute Gasteiger partial charge is 0.137 e. The maximum absolute atomic E-state index is 6.45. The van der Waals surface area contributed by atoms with E-state index in [2.05, 4.69) is 81.9 Å². The molecule has 0 spiro atoms. The Morgan fingerprint density at radius 1 is 1.00 bits per heavy atom. The molecule has 0 aromatic carbocycles. The summed E-state index contributed by atoms with van der Waals surface area (Å²) in [4.78, 5) is 8.87. The lowest BCUT2D eigenvalue weighted by atomic mass is 9.65. The van der Waals surface area contributed by atoms with Crippen LogP contribution in [0.3, 0.4) is 0 Å². The Kier molecular flexibility index (Phi) is 4.29. The third kappa shape index (κ3) is 3.02. The number of fused-ring (bicyclic) bond motifs is 4. The summed E-state index contributed by atoms with van der Waals surface area (Å²) in [6.07, 6.45) is 9.87. The largest absolute Gasteiger partial charge is 0.460 e. The van der Waals surface area contributed by atoms with Gasteiger partial charge in [0.2, 0.25) is 0 Å². The van der Waals surface area contributed by atoms with Gasteiger partial charge in [-0.15, -0.1) is 0 Å². The molecule has 1 aliphatic carbocycles. The average Bonchev–Trinajstić information content (AvgIpc) is 3.34. The molecule has 0 radical (unpaired) electrons. The fourth-order valence-electron chi connectivity index (χ4n) is 6.69. The van der Waals surface area contributed by atoms with Gasteiger partial charge in [0.25, 0.3) is 0 Å². The Hall–Kier alpha value is -2.62. The molecule has 0 saturated heterocycles. The zero-order chi connectivity index (χ0) is 23.1. The summed E-state index contributed by atoms with van der Waals surface area (Å²) in [5.41, 5.74) is 6.21. The lowest BCUT2D eigenvalue weighted by Crippen LogP contribution is -2.33. The van der Waals surface area contributed by atoms with Gasteiger partial charge in [0.15, 0.2) is 0 Å². The van der Waals surface area contributed by atoms with Crippen molar-refractivity contribution in [3.05, 3.63) is 65.7 Å². The van der Waals surface area contributed by atoms with Crippen LogP contribution in [0.2, 0.25) is 0 Å². The summed E-state index contributed by atoms with van der Waals surface area (Å²) in [7, 11) is 0. The fraction of sp³-hybridized carbons (Fsp3) is 0.500. The van der Waals surface area contributed by atoms with Gasteiger partial charge in [0.1, 0.15) is 11.3 Å². The zero-order valence-corrected chi connectivity index (χ0v) is 20.7. The number of hydrogen-bond acceptors (Lipinski definition) is 3. The van der Waals surface area contributed by atoms with Gasteiger partial charge >= 0.3 is 0 Å². The van der Waals surface area contributed by atoms with Crippen LogP contribution in [0.15, 0.2) is 47.5 Å². The molecule has 4 aromatic rings. The van der Waals surface area contributed by atoms with E-state index < -0.39 is 0 Å². The first-order chi connectivity index (χ1) is 14.8. The number of furan rings is 1. The van der Waals surface area contributed by atoms with E-state index in [-0.39, 0.29) is 21.7 Å². The van der Waals surface area contributed by atoms with E-state index in [9.17, 15) is 0 Å². The summed E-state index contributed by atoms with van der Waals surface area (Å²) in [5.74, 6) is 1.08. The SMILES string of the molecule is CC(C)(C)c1oc2ccncc2c1C(C)(C)C[C@]1(C)CC(C)(C)c2c1ccc1cncn21. The number of aromatic nitrogens is 3. The summed E-state index contributed by atoms with van der Waals surface area (Å²) in [5, 5.41) is 1.15. The van der Waals surface area contributed by atoms with Crippen molar-refractivity contribution in [3.8, 4) is 0 Å². The normalized spacial score (nSPS) is 20.9. The van der Waals surface area contributed by atoms with Crippen molar-refractivity contribution < 1.29 is 4.42 Å². The standard InChI is InChI=1S/C28H35N3O/c1-25(2,3)24-22(19-14-29-12-11-21(19)32-24)26(4,5)15-28(8)16-27(6,7)23-20(28)10-9-18-13-30-17-31(18)23/h9-14,17H,15-16H2,1-8H3/t28-/m1/s1. The van der Waals surface area contributed by atoms with Crippen LogP contribution in [-0.2, 0) is 21.7 Å². The third-order valence-electron chi connectivity index (χ3n) is 7.39. The number of imidazole rings is 1. The highest BCUT2D eigenvalue weighted by Gasteiger charge is 2.49. The van der Waals surface area contributed by atoms with Gasteiger partial charge in [-0.05, 0) is 41.4 Å². The molecule has 4 aromatic heterocycles. The number of rotatable bonds is 3. The van der Waals surface area contributed by atoms with E-state index in [1.807, 2.05) is 31.0 Å². The number of hydrogen-bond donors (Lipinski definition) is 0.